The van der Waals surface area contributed by atoms with E-state index in [0.717, 1.165) is 9.69 Å². The van der Waals surface area contributed by atoms with E-state index >= 15 is 0 Å². The molecule has 0 aliphatic rings. The van der Waals surface area contributed by atoms with Crippen molar-refractivity contribution in [1.29, 1.82) is 0 Å². The van der Waals surface area contributed by atoms with Gasteiger partial charge in [0.25, 0.3) is 10.0 Å². The molecule has 2 aromatic rings. The first kappa shape index (κ1) is 11.5. The summed E-state index contributed by atoms with van der Waals surface area (Å²) in [6.45, 7) is 0. The maximum atomic E-state index is 12.2. The molecule has 0 heterocycles. The minimum atomic E-state index is -3.62. The van der Waals surface area contributed by atoms with Gasteiger partial charge in [-0.25, -0.2) is 12.7 Å². The minimum absolute atomic E-state index is 0.232. The lowest BCUT2D eigenvalue weighted by Crippen LogP contribution is -2.21. The topological polar surface area (TPSA) is 37.4 Å². The first-order chi connectivity index (χ1) is 8.07. The summed E-state index contributed by atoms with van der Waals surface area (Å²) in [5.41, 5.74) is 0. The van der Waals surface area contributed by atoms with Crippen LogP contribution in [-0.2, 0) is 10.0 Å². The van der Waals surface area contributed by atoms with Gasteiger partial charge in [0, 0.05) is 18.5 Å². The molecule has 0 saturated carbocycles. The van der Waals surface area contributed by atoms with Crippen LogP contribution in [0.25, 0.3) is 10.8 Å². The van der Waals surface area contributed by atoms with E-state index in [4.69, 9.17) is 6.42 Å². The van der Waals surface area contributed by atoms with Crippen LogP contribution in [0.3, 0.4) is 0 Å². The Morgan fingerprint density at radius 2 is 1.76 bits per heavy atom. The van der Waals surface area contributed by atoms with Crippen molar-refractivity contribution in [1.82, 2.24) is 4.31 Å². The molecule has 17 heavy (non-hydrogen) atoms. The molecule has 0 N–H and O–H groups in total. The third-order valence-corrected chi connectivity index (χ3v) is 4.31. The molecule has 0 saturated heterocycles. The summed E-state index contributed by atoms with van der Waals surface area (Å²) in [5, 5.41) is 1.55. The van der Waals surface area contributed by atoms with Crippen molar-refractivity contribution in [3.63, 3.8) is 0 Å². The van der Waals surface area contributed by atoms with E-state index in [1.54, 1.807) is 24.3 Å². The molecule has 0 aliphatic heterocycles. The average molecular weight is 245 g/mol. The lowest BCUT2D eigenvalue weighted by molar-refractivity contribution is 0.548. The molecule has 0 spiro atoms. The van der Waals surface area contributed by atoms with Crippen LogP contribution in [0, 0.1) is 12.5 Å². The first-order valence-electron chi connectivity index (χ1n) is 5.00. The molecule has 86 valence electrons. The SMILES string of the molecule is C#CN(C)S(=O)(=O)c1cccc2ccccc12. The smallest absolute Gasteiger partial charge is 0.228 e. The second-order valence-corrected chi connectivity index (χ2v) is 5.52. The molecule has 0 aliphatic carbocycles. The monoisotopic (exact) mass is 245 g/mol. The average Bonchev–Trinajstić information content (AvgIpc) is 2.37. The molecule has 0 unspecified atom stereocenters. The molecule has 4 heteroatoms. The Bertz CT molecular complexity index is 693. The van der Waals surface area contributed by atoms with Crippen molar-refractivity contribution in [3.8, 4) is 12.5 Å². The predicted octanol–water partition coefficient (Wildman–Crippen LogP) is 2.05. The molecule has 0 radical (unpaired) electrons. The fourth-order valence-corrected chi connectivity index (χ4v) is 2.79. The van der Waals surface area contributed by atoms with E-state index in [-0.39, 0.29) is 4.90 Å². The van der Waals surface area contributed by atoms with E-state index in [1.807, 2.05) is 18.2 Å². The number of rotatable bonds is 2. The second-order valence-electron chi connectivity index (χ2n) is 3.58. The molecule has 0 bridgehead atoms. The van der Waals surface area contributed by atoms with Gasteiger partial charge in [-0.1, -0.05) is 42.8 Å². The summed E-state index contributed by atoms with van der Waals surface area (Å²) in [5.74, 6) is 0. The highest BCUT2D eigenvalue weighted by Gasteiger charge is 2.20. The highest BCUT2D eigenvalue weighted by atomic mass is 32.2. The largest absolute Gasteiger partial charge is 0.271 e. The highest BCUT2D eigenvalue weighted by molar-refractivity contribution is 7.89. The first-order valence-corrected chi connectivity index (χ1v) is 6.44. The van der Waals surface area contributed by atoms with E-state index in [1.165, 1.54) is 7.05 Å². The van der Waals surface area contributed by atoms with Crippen molar-refractivity contribution < 1.29 is 8.42 Å². The zero-order chi connectivity index (χ0) is 12.5. The number of hydrogen-bond donors (Lipinski definition) is 0. The lowest BCUT2D eigenvalue weighted by Gasteiger charge is -2.13. The van der Waals surface area contributed by atoms with Crippen LogP contribution in [0.15, 0.2) is 47.4 Å². The van der Waals surface area contributed by atoms with Gasteiger partial charge in [0.15, 0.2) is 0 Å². The summed E-state index contributed by atoms with van der Waals surface area (Å²) < 4.78 is 25.2. The number of nitrogens with zero attached hydrogens (tertiary/aromatic N) is 1. The number of terminal acetylenes is 1. The Labute approximate surface area is 101 Å². The lowest BCUT2D eigenvalue weighted by atomic mass is 10.1. The summed E-state index contributed by atoms with van der Waals surface area (Å²) in [6, 6.07) is 14.6. The Kier molecular flexibility index (Phi) is 2.78. The normalized spacial score (nSPS) is 11.1. The Balaban J connectivity index is 2.78. The van der Waals surface area contributed by atoms with Crippen molar-refractivity contribution in [2.24, 2.45) is 0 Å². The molecule has 2 aromatic carbocycles. The van der Waals surface area contributed by atoms with E-state index in [0.29, 0.717) is 5.39 Å². The fraction of sp³-hybridized carbons (Fsp3) is 0.0769. The Morgan fingerprint density at radius 1 is 1.12 bits per heavy atom. The zero-order valence-corrected chi connectivity index (χ0v) is 10.1. The molecule has 2 rings (SSSR count). The van der Waals surface area contributed by atoms with Crippen LogP contribution >= 0.6 is 0 Å². The number of fused-ring (bicyclic) bond motifs is 1. The Morgan fingerprint density at radius 3 is 2.47 bits per heavy atom. The van der Waals surface area contributed by atoms with Crippen molar-refractivity contribution >= 4 is 20.8 Å². The van der Waals surface area contributed by atoms with Gasteiger partial charge in [-0.2, -0.15) is 0 Å². The van der Waals surface area contributed by atoms with Crippen LogP contribution in [0.2, 0.25) is 0 Å². The van der Waals surface area contributed by atoms with Gasteiger partial charge in [-0.3, -0.25) is 0 Å². The van der Waals surface area contributed by atoms with Gasteiger partial charge in [0.1, 0.15) is 0 Å². The molecule has 0 atom stereocenters. The predicted molar refractivity (Wildman–Crippen MR) is 67.7 cm³/mol. The summed E-state index contributed by atoms with van der Waals surface area (Å²) >= 11 is 0. The van der Waals surface area contributed by atoms with Crippen LogP contribution in [0.1, 0.15) is 0 Å². The second kappa shape index (κ2) is 4.11. The van der Waals surface area contributed by atoms with E-state index in [2.05, 4.69) is 6.04 Å². The molecular formula is C13H11NO2S. The Hall–Kier alpha value is -1.99. The summed E-state index contributed by atoms with van der Waals surface area (Å²) in [4.78, 5) is 0.232. The fourth-order valence-electron chi connectivity index (χ4n) is 1.64. The molecule has 0 aromatic heterocycles. The van der Waals surface area contributed by atoms with Crippen LogP contribution in [-0.4, -0.2) is 19.8 Å². The molecular weight excluding hydrogens is 234 g/mol. The number of benzene rings is 2. The van der Waals surface area contributed by atoms with Gasteiger partial charge >= 0.3 is 0 Å². The molecule has 0 amide bonds. The van der Waals surface area contributed by atoms with Crippen LogP contribution in [0.4, 0.5) is 0 Å². The van der Waals surface area contributed by atoms with Gasteiger partial charge < -0.3 is 0 Å². The van der Waals surface area contributed by atoms with Crippen molar-refractivity contribution in [3.05, 3.63) is 42.5 Å². The third kappa shape index (κ3) is 1.85. The van der Waals surface area contributed by atoms with Gasteiger partial charge in [0.2, 0.25) is 0 Å². The van der Waals surface area contributed by atoms with E-state index in [9.17, 15) is 8.42 Å². The zero-order valence-electron chi connectivity index (χ0n) is 9.29. The van der Waals surface area contributed by atoms with Crippen LogP contribution < -0.4 is 0 Å². The maximum Gasteiger partial charge on any atom is 0.271 e. The van der Waals surface area contributed by atoms with Crippen molar-refractivity contribution in [2.45, 2.75) is 4.90 Å². The number of hydrogen-bond acceptors (Lipinski definition) is 2. The van der Waals surface area contributed by atoms with Crippen molar-refractivity contribution in [2.75, 3.05) is 7.05 Å². The number of sulfonamides is 1. The molecule has 0 fully saturated rings. The molecule has 3 nitrogen and oxygen atoms in total. The van der Waals surface area contributed by atoms with Gasteiger partial charge in [0.05, 0.1) is 4.90 Å². The van der Waals surface area contributed by atoms with Gasteiger partial charge in [-0.15, -0.1) is 0 Å². The quantitative estimate of drug-likeness (QED) is 0.600. The summed E-state index contributed by atoms with van der Waals surface area (Å²) in [6.07, 6.45) is 5.14. The summed E-state index contributed by atoms with van der Waals surface area (Å²) in [7, 11) is -2.26. The minimum Gasteiger partial charge on any atom is -0.228 e. The standard InChI is InChI=1S/C13H11NO2S/c1-3-14(2)17(15,16)13-10-6-8-11-7-4-5-9-12(11)13/h1,4-10H,2H3. The highest BCUT2D eigenvalue weighted by Crippen LogP contribution is 2.24. The van der Waals surface area contributed by atoms with Gasteiger partial charge in [-0.05, 0) is 11.5 Å². The van der Waals surface area contributed by atoms with E-state index < -0.39 is 10.0 Å². The third-order valence-electron chi connectivity index (χ3n) is 2.57. The maximum absolute atomic E-state index is 12.2. The van der Waals surface area contributed by atoms with Crippen LogP contribution in [0.5, 0.6) is 0 Å².